The van der Waals surface area contributed by atoms with E-state index in [0.29, 0.717) is 5.89 Å². The minimum absolute atomic E-state index is 0.236. The number of benzene rings is 2. The second kappa shape index (κ2) is 6.36. The summed E-state index contributed by atoms with van der Waals surface area (Å²) in [5.74, 6) is 0.458. The summed E-state index contributed by atoms with van der Waals surface area (Å²) in [6.07, 6.45) is 1.60. The van der Waals surface area contributed by atoms with Gasteiger partial charge in [-0.2, -0.15) is 0 Å². The number of rotatable bonds is 4. The third-order valence-electron chi connectivity index (χ3n) is 3.48. The monoisotopic (exact) mass is 327 g/mol. The highest BCUT2D eigenvalue weighted by atomic mass is 32.2. The summed E-state index contributed by atoms with van der Waals surface area (Å²) in [5, 5.41) is 0. The molecule has 6 heteroatoms. The molecule has 0 spiro atoms. The van der Waals surface area contributed by atoms with Gasteiger partial charge in [-0.1, -0.05) is 12.1 Å². The van der Waals surface area contributed by atoms with Crippen LogP contribution in [0, 0.1) is 0 Å². The molecule has 0 saturated heterocycles. The predicted octanol–water partition coefficient (Wildman–Crippen LogP) is 3.31. The quantitative estimate of drug-likeness (QED) is 0.688. The molecule has 1 aromatic heterocycles. The SMILES string of the molecule is CN(C)c1ccc(-c2coc(-c3ccc(S(=O)[O-])cc3)n2)cc1. The summed E-state index contributed by atoms with van der Waals surface area (Å²) >= 11 is -2.23. The molecule has 0 aliphatic heterocycles. The van der Waals surface area contributed by atoms with Crippen LogP contribution in [0.3, 0.4) is 0 Å². The highest BCUT2D eigenvalue weighted by Crippen LogP contribution is 2.26. The third kappa shape index (κ3) is 3.33. The molecular weight excluding hydrogens is 312 g/mol. The number of oxazole rings is 1. The Morgan fingerprint density at radius 2 is 1.61 bits per heavy atom. The maximum absolute atomic E-state index is 10.9. The second-order valence-corrected chi connectivity index (χ2v) is 6.18. The van der Waals surface area contributed by atoms with Crippen LogP contribution in [0.1, 0.15) is 0 Å². The van der Waals surface area contributed by atoms with Crippen LogP contribution >= 0.6 is 0 Å². The van der Waals surface area contributed by atoms with Gasteiger partial charge in [0.2, 0.25) is 5.89 Å². The van der Waals surface area contributed by atoms with Gasteiger partial charge in [0.05, 0.1) is 0 Å². The van der Waals surface area contributed by atoms with Crippen molar-refractivity contribution in [3.63, 3.8) is 0 Å². The van der Waals surface area contributed by atoms with E-state index in [1.165, 1.54) is 12.1 Å². The zero-order chi connectivity index (χ0) is 16.4. The maximum Gasteiger partial charge on any atom is 0.226 e. The maximum atomic E-state index is 10.9. The van der Waals surface area contributed by atoms with E-state index in [9.17, 15) is 8.76 Å². The number of hydrogen-bond donors (Lipinski definition) is 0. The highest BCUT2D eigenvalue weighted by Gasteiger charge is 2.09. The van der Waals surface area contributed by atoms with E-state index in [1.807, 2.05) is 43.3 Å². The van der Waals surface area contributed by atoms with E-state index in [2.05, 4.69) is 4.98 Å². The van der Waals surface area contributed by atoms with Crippen LogP contribution < -0.4 is 4.90 Å². The van der Waals surface area contributed by atoms with Gasteiger partial charge in [0, 0.05) is 35.8 Å². The van der Waals surface area contributed by atoms with Gasteiger partial charge in [-0.25, -0.2) is 4.98 Å². The molecule has 5 nitrogen and oxygen atoms in total. The lowest BCUT2D eigenvalue weighted by Gasteiger charge is -2.11. The van der Waals surface area contributed by atoms with E-state index < -0.39 is 11.1 Å². The van der Waals surface area contributed by atoms with Crippen molar-refractivity contribution < 1.29 is 13.2 Å². The zero-order valence-corrected chi connectivity index (χ0v) is 13.5. The number of hydrogen-bond acceptors (Lipinski definition) is 5. The molecule has 1 unspecified atom stereocenters. The molecule has 1 atom stereocenters. The molecule has 0 aliphatic rings. The minimum Gasteiger partial charge on any atom is -0.768 e. The lowest BCUT2D eigenvalue weighted by atomic mass is 10.1. The van der Waals surface area contributed by atoms with Crippen LogP contribution in [0.15, 0.2) is 64.1 Å². The van der Waals surface area contributed by atoms with Gasteiger partial charge in [0.15, 0.2) is 0 Å². The fourth-order valence-electron chi connectivity index (χ4n) is 2.18. The molecule has 0 fully saturated rings. The van der Waals surface area contributed by atoms with Crippen molar-refractivity contribution >= 4 is 16.8 Å². The van der Waals surface area contributed by atoms with E-state index in [1.54, 1.807) is 18.4 Å². The summed E-state index contributed by atoms with van der Waals surface area (Å²) in [6.45, 7) is 0. The smallest absolute Gasteiger partial charge is 0.226 e. The van der Waals surface area contributed by atoms with Crippen molar-refractivity contribution in [1.29, 1.82) is 0 Å². The van der Waals surface area contributed by atoms with Crippen LogP contribution in [0.5, 0.6) is 0 Å². The van der Waals surface area contributed by atoms with E-state index in [-0.39, 0.29) is 4.90 Å². The topological polar surface area (TPSA) is 69.4 Å². The highest BCUT2D eigenvalue weighted by molar-refractivity contribution is 7.79. The van der Waals surface area contributed by atoms with Crippen molar-refractivity contribution in [2.45, 2.75) is 4.90 Å². The van der Waals surface area contributed by atoms with Gasteiger partial charge in [-0.3, -0.25) is 4.21 Å². The van der Waals surface area contributed by atoms with E-state index in [4.69, 9.17) is 4.42 Å². The molecule has 118 valence electrons. The largest absolute Gasteiger partial charge is 0.768 e. The van der Waals surface area contributed by atoms with Gasteiger partial charge in [-0.15, -0.1) is 0 Å². The second-order valence-electron chi connectivity index (χ2n) is 5.24. The molecule has 0 aliphatic carbocycles. The first-order valence-corrected chi connectivity index (χ1v) is 8.05. The zero-order valence-electron chi connectivity index (χ0n) is 12.7. The predicted molar refractivity (Wildman–Crippen MR) is 88.9 cm³/mol. The standard InChI is InChI=1S/C17H16N2O3S/c1-19(2)14-7-3-12(4-8-14)16-11-22-17(18-16)13-5-9-15(10-6-13)23(20)21/h3-11H,1-2H3,(H,20,21)/p-1. The van der Waals surface area contributed by atoms with Crippen LogP contribution in [0.25, 0.3) is 22.7 Å². The Morgan fingerprint density at radius 1 is 1.00 bits per heavy atom. The Balaban J connectivity index is 1.86. The van der Waals surface area contributed by atoms with Crippen LogP contribution in [-0.4, -0.2) is 27.8 Å². The van der Waals surface area contributed by atoms with Crippen LogP contribution in [-0.2, 0) is 11.1 Å². The van der Waals surface area contributed by atoms with Crippen molar-refractivity contribution in [1.82, 2.24) is 4.98 Å². The molecule has 3 aromatic rings. The van der Waals surface area contributed by atoms with Crippen molar-refractivity contribution in [2.75, 3.05) is 19.0 Å². The number of aromatic nitrogens is 1. The first-order valence-electron chi connectivity index (χ1n) is 6.97. The molecule has 0 bridgehead atoms. The third-order valence-corrected chi connectivity index (χ3v) is 4.13. The lowest BCUT2D eigenvalue weighted by Crippen LogP contribution is -2.07. The summed E-state index contributed by atoms with van der Waals surface area (Å²) in [4.78, 5) is 6.73. The Kier molecular flexibility index (Phi) is 4.27. The number of anilines is 1. The molecule has 1 heterocycles. The van der Waals surface area contributed by atoms with Crippen molar-refractivity contribution in [2.24, 2.45) is 0 Å². The molecule has 3 rings (SSSR count). The molecule has 0 amide bonds. The molecule has 0 saturated carbocycles. The molecular formula is C17H15N2O3S-. The van der Waals surface area contributed by atoms with E-state index >= 15 is 0 Å². The molecule has 2 aromatic carbocycles. The Hall–Kier alpha value is -2.44. The lowest BCUT2D eigenvalue weighted by molar-refractivity contribution is 0.537. The van der Waals surface area contributed by atoms with Gasteiger partial charge < -0.3 is 13.9 Å². The van der Waals surface area contributed by atoms with Crippen molar-refractivity contribution in [3.8, 4) is 22.7 Å². The first kappa shape index (κ1) is 15.5. The summed E-state index contributed by atoms with van der Waals surface area (Å²) in [6, 6.07) is 14.4. The minimum atomic E-state index is -2.23. The van der Waals surface area contributed by atoms with Crippen LogP contribution in [0.2, 0.25) is 0 Å². The normalized spacial score (nSPS) is 12.1. The van der Waals surface area contributed by atoms with Crippen LogP contribution in [0.4, 0.5) is 5.69 Å². The summed E-state index contributed by atoms with van der Waals surface area (Å²) < 4.78 is 27.2. The summed E-state index contributed by atoms with van der Waals surface area (Å²) in [5.41, 5.74) is 3.54. The van der Waals surface area contributed by atoms with E-state index in [0.717, 1.165) is 22.5 Å². The Labute approximate surface area is 136 Å². The first-order chi connectivity index (χ1) is 11.0. The average Bonchev–Trinajstić information content (AvgIpc) is 3.05. The van der Waals surface area contributed by atoms with Gasteiger partial charge >= 0.3 is 0 Å². The fourth-order valence-corrected chi connectivity index (χ4v) is 2.54. The van der Waals surface area contributed by atoms with Crippen molar-refractivity contribution in [3.05, 3.63) is 54.8 Å². The number of nitrogens with zero attached hydrogens (tertiary/aromatic N) is 2. The Bertz CT molecular complexity index is 824. The molecule has 23 heavy (non-hydrogen) atoms. The molecule has 0 radical (unpaired) electrons. The molecule has 0 N–H and O–H groups in total. The summed E-state index contributed by atoms with van der Waals surface area (Å²) in [7, 11) is 3.98. The van der Waals surface area contributed by atoms with Gasteiger partial charge in [-0.05, 0) is 47.5 Å². The van der Waals surface area contributed by atoms with Gasteiger partial charge in [0.1, 0.15) is 12.0 Å². The fraction of sp³-hybridized carbons (Fsp3) is 0.118. The average molecular weight is 327 g/mol. The Morgan fingerprint density at radius 3 is 2.17 bits per heavy atom. The van der Waals surface area contributed by atoms with Gasteiger partial charge in [0.25, 0.3) is 0 Å².